The van der Waals surface area contributed by atoms with Crippen LogP contribution in [0.25, 0.3) is 11.4 Å². The standard InChI is InChI=1S/C17H19N5O2S/c1-10-5-7-13(8-6-10)15-19-20-17(22(15)4)25-12(3)16(23)18-14-9-11(2)24-21-14/h5-9,12H,1-4H3,(H,18,21,23)/t12-/m1/s1. The first-order valence-electron chi connectivity index (χ1n) is 7.81. The molecule has 1 amide bonds. The molecule has 0 aliphatic rings. The van der Waals surface area contributed by atoms with Crippen LogP contribution >= 0.6 is 11.8 Å². The van der Waals surface area contributed by atoms with E-state index < -0.39 is 0 Å². The summed E-state index contributed by atoms with van der Waals surface area (Å²) in [4.78, 5) is 12.3. The van der Waals surface area contributed by atoms with E-state index in [0.717, 1.165) is 11.4 Å². The predicted octanol–water partition coefficient (Wildman–Crippen LogP) is 3.21. The van der Waals surface area contributed by atoms with Crippen LogP contribution in [0, 0.1) is 13.8 Å². The van der Waals surface area contributed by atoms with Gasteiger partial charge in [-0.05, 0) is 20.8 Å². The summed E-state index contributed by atoms with van der Waals surface area (Å²) in [6.45, 7) is 5.62. The van der Waals surface area contributed by atoms with Crippen LogP contribution in [0.15, 0.2) is 40.0 Å². The average Bonchev–Trinajstić information content (AvgIpc) is 3.15. The highest BCUT2D eigenvalue weighted by Gasteiger charge is 2.20. The Morgan fingerprint density at radius 1 is 1.24 bits per heavy atom. The summed E-state index contributed by atoms with van der Waals surface area (Å²) in [5, 5.41) is 15.3. The molecule has 0 aliphatic heterocycles. The number of amides is 1. The van der Waals surface area contributed by atoms with E-state index in [1.807, 2.05) is 49.7 Å². The van der Waals surface area contributed by atoms with Crippen molar-refractivity contribution in [3.05, 3.63) is 41.7 Å². The number of aromatic nitrogens is 4. The third-order valence-corrected chi connectivity index (χ3v) is 4.81. The molecule has 0 fully saturated rings. The van der Waals surface area contributed by atoms with E-state index in [1.54, 1.807) is 13.0 Å². The molecule has 0 spiro atoms. The van der Waals surface area contributed by atoms with Gasteiger partial charge in [0, 0.05) is 18.7 Å². The molecule has 25 heavy (non-hydrogen) atoms. The first-order chi connectivity index (χ1) is 11.9. The van der Waals surface area contributed by atoms with Crippen LogP contribution in [-0.4, -0.2) is 31.1 Å². The van der Waals surface area contributed by atoms with Gasteiger partial charge in [-0.1, -0.05) is 46.7 Å². The van der Waals surface area contributed by atoms with Gasteiger partial charge in [-0.3, -0.25) is 4.79 Å². The molecule has 2 aromatic heterocycles. The van der Waals surface area contributed by atoms with Crippen LogP contribution in [0.4, 0.5) is 5.82 Å². The predicted molar refractivity (Wildman–Crippen MR) is 96.4 cm³/mol. The zero-order chi connectivity index (χ0) is 18.0. The highest BCUT2D eigenvalue weighted by molar-refractivity contribution is 8.00. The third-order valence-electron chi connectivity index (χ3n) is 3.68. The lowest BCUT2D eigenvalue weighted by Crippen LogP contribution is -2.23. The van der Waals surface area contributed by atoms with Gasteiger partial charge in [0.15, 0.2) is 16.8 Å². The fraction of sp³-hybridized carbons (Fsp3) is 0.294. The summed E-state index contributed by atoms with van der Waals surface area (Å²) in [6, 6.07) is 9.76. The van der Waals surface area contributed by atoms with E-state index in [9.17, 15) is 4.79 Å². The molecule has 1 atom stereocenters. The van der Waals surface area contributed by atoms with Gasteiger partial charge >= 0.3 is 0 Å². The van der Waals surface area contributed by atoms with Crippen LogP contribution in [-0.2, 0) is 11.8 Å². The van der Waals surface area contributed by atoms with E-state index in [-0.39, 0.29) is 11.2 Å². The minimum atomic E-state index is -0.356. The number of benzene rings is 1. The van der Waals surface area contributed by atoms with Crippen molar-refractivity contribution in [2.75, 3.05) is 5.32 Å². The quantitative estimate of drug-likeness (QED) is 0.706. The molecule has 0 saturated carbocycles. The van der Waals surface area contributed by atoms with Crippen molar-refractivity contribution in [3.63, 3.8) is 0 Å². The number of aryl methyl sites for hydroxylation is 2. The molecule has 0 aliphatic carbocycles. The van der Waals surface area contributed by atoms with Crippen molar-refractivity contribution >= 4 is 23.5 Å². The lowest BCUT2D eigenvalue weighted by Gasteiger charge is -2.10. The van der Waals surface area contributed by atoms with Crippen molar-refractivity contribution in [1.82, 2.24) is 19.9 Å². The molecule has 8 heteroatoms. The number of carbonyl (C=O) groups is 1. The minimum absolute atomic E-state index is 0.168. The molecular weight excluding hydrogens is 338 g/mol. The number of rotatable bonds is 5. The van der Waals surface area contributed by atoms with Gasteiger partial charge in [0.25, 0.3) is 0 Å². The Bertz CT molecular complexity index is 885. The summed E-state index contributed by atoms with van der Waals surface area (Å²) in [5.74, 6) is 1.65. The number of hydrogen-bond acceptors (Lipinski definition) is 6. The van der Waals surface area contributed by atoms with E-state index >= 15 is 0 Å². The van der Waals surface area contributed by atoms with Crippen molar-refractivity contribution in [1.29, 1.82) is 0 Å². The molecular formula is C17H19N5O2S. The fourth-order valence-corrected chi connectivity index (χ4v) is 3.05. The van der Waals surface area contributed by atoms with Crippen LogP contribution in [0.3, 0.4) is 0 Å². The van der Waals surface area contributed by atoms with Crippen LogP contribution < -0.4 is 5.32 Å². The third kappa shape index (κ3) is 3.90. The first-order valence-corrected chi connectivity index (χ1v) is 8.69. The summed E-state index contributed by atoms with van der Waals surface area (Å²) in [7, 11) is 1.89. The van der Waals surface area contributed by atoms with Gasteiger partial charge in [-0.2, -0.15) is 0 Å². The maximum atomic E-state index is 12.3. The van der Waals surface area contributed by atoms with Gasteiger partial charge in [0.05, 0.1) is 5.25 Å². The summed E-state index contributed by atoms with van der Waals surface area (Å²) >= 11 is 1.34. The molecule has 0 saturated heterocycles. The summed E-state index contributed by atoms with van der Waals surface area (Å²) in [6.07, 6.45) is 0. The van der Waals surface area contributed by atoms with E-state index in [2.05, 4.69) is 20.7 Å². The summed E-state index contributed by atoms with van der Waals surface area (Å²) < 4.78 is 6.83. The maximum Gasteiger partial charge on any atom is 0.238 e. The van der Waals surface area contributed by atoms with Crippen LogP contribution in [0.2, 0.25) is 0 Å². The number of carbonyl (C=O) groups excluding carboxylic acids is 1. The monoisotopic (exact) mass is 357 g/mol. The number of nitrogens with zero attached hydrogens (tertiary/aromatic N) is 4. The smallest absolute Gasteiger partial charge is 0.238 e. The summed E-state index contributed by atoms with van der Waals surface area (Å²) in [5.41, 5.74) is 2.18. The maximum absolute atomic E-state index is 12.3. The SMILES string of the molecule is Cc1ccc(-c2nnc(S[C@H](C)C(=O)Nc3cc(C)on3)n2C)cc1. The number of anilines is 1. The Morgan fingerprint density at radius 2 is 1.96 bits per heavy atom. The zero-order valence-electron chi connectivity index (χ0n) is 14.5. The molecule has 1 N–H and O–H groups in total. The Morgan fingerprint density at radius 3 is 2.60 bits per heavy atom. The van der Waals surface area contributed by atoms with Crippen LogP contribution in [0.1, 0.15) is 18.2 Å². The highest BCUT2D eigenvalue weighted by atomic mass is 32.2. The molecule has 2 heterocycles. The Kier molecular flexibility index (Phi) is 4.89. The molecule has 7 nitrogen and oxygen atoms in total. The molecule has 1 aromatic carbocycles. The molecule has 3 aromatic rings. The lowest BCUT2D eigenvalue weighted by atomic mass is 10.1. The molecule has 0 unspecified atom stereocenters. The number of nitrogens with one attached hydrogen (secondary N) is 1. The van der Waals surface area contributed by atoms with E-state index in [4.69, 9.17) is 4.52 Å². The lowest BCUT2D eigenvalue weighted by molar-refractivity contribution is -0.115. The van der Waals surface area contributed by atoms with Gasteiger partial charge in [0.1, 0.15) is 5.76 Å². The minimum Gasteiger partial charge on any atom is -0.360 e. The van der Waals surface area contributed by atoms with Crippen molar-refractivity contribution < 1.29 is 9.32 Å². The topological polar surface area (TPSA) is 85.8 Å². The first kappa shape index (κ1) is 17.2. The highest BCUT2D eigenvalue weighted by Crippen LogP contribution is 2.26. The van der Waals surface area contributed by atoms with Crippen molar-refractivity contribution in [3.8, 4) is 11.4 Å². The normalized spacial score (nSPS) is 12.2. The molecule has 0 bridgehead atoms. The Labute approximate surface area is 149 Å². The zero-order valence-corrected chi connectivity index (χ0v) is 15.3. The molecule has 3 rings (SSSR count). The van der Waals surface area contributed by atoms with Gasteiger partial charge in [-0.25, -0.2) is 0 Å². The number of thioether (sulfide) groups is 1. The average molecular weight is 357 g/mol. The van der Waals surface area contributed by atoms with Gasteiger partial charge < -0.3 is 14.4 Å². The number of hydrogen-bond donors (Lipinski definition) is 1. The van der Waals surface area contributed by atoms with E-state index in [0.29, 0.717) is 16.7 Å². The molecule has 130 valence electrons. The van der Waals surface area contributed by atoms with Gasteiger partial charge in [-0.15, -0.1) is 10.2 Å². The van der Waals surface area contributed by atoms with Crippen molar-refractivity contribution in [2.24, 2.45) is 7.05 Å². The van der Waals surface area contributed by atoms with E-state index in [1.165, 1.54) is 17.3 Å². The second kappa shape index (κ2) is 7.10. The van der Waals surface area contributed by atoms with Crippen LogP contribution in [0.5, 0.6) is 0 Å². The Balaban J connectivity index is 1.70. The fourth-order valence-electron chi connectivity index (χ4n) is 2.24. The Hall–Kier alpha value is -2.61. The largest absolute Gasteiger partial charge is 0.360 e. The van der Waals surface area contributed by atoms with Crippen molar-refractivity contribution in [2.45, 2.75) is 31.2 Å². The second-order valence-corrected chi connectivity index (χ2v) is 7.11. The second-order valence-electron chi connectivity index (χ2n) is 5.80. The molecule has 0 radical (unpaired) electrons. The van der Waals surface area contributed by atoms with Gasteiger partial charge in [0.2, 0.25) is 5.91 Å².